The van der Waals surface area contributed by atoms with Crippen molar-refractivity contribution in [2.75, 3.05) is 39.8 Å². The molecule has 1 saturated heterocycles. The Morgan fingerprint density at radius 3 is 2.92 bits per heavy atom. The summed E-state index contributed by atoms with van der Waals surface area (Å²) in [5.74, 6) is -1.42. The Kier molecular flexibility index (Phi) is 7.19. The molecule has 0 bridgehead atoms. The van der Waals surface area contributed by atoms with Crippen LogP contribution in [-0.4, -0.2) is 72.8 Å². The van der Waals surface area contributed by atoms with E-state index in [1.54, 1.807) is 29.8 Å². The van der Waals surface area contributed by atoms with Crippen LogP contribution in [0.2, 0.25) is 5.02 Å². The Bertz CT molecular complexity index is 661. The van der Waals surface area contributed by atoms with Gasteiger partial charge in [0.05, 0.1) is 30.3 Å². The molecule has 1 aromatic rings. The van der Waals surface area contributed by atoms with E-state index >= 15 is 0 Å². The number of carbonyl (C=O) groups excluding carboxylic acids is 1. The molecule has 0 radical (unpaired) electrons. The summed E-state index contributed by atoms with van der Waals surface area (Å²) in [7, 11) is 1.69. The lowest BCUT2D eigenvalue weighted by Gasteiger charge is -2.35. The van der Waals surface area contributed by atoms with E-state index in [9.17, 15) is 14.0 Å². The highest BCUT2D eigenvalue weighted by atomic mass is 35.5. The number of nitrogens with one attached hydrogen (secondary N) is 1. The number of likely N-dealkylation sites (N-methyl/N-ethyl adjacent to an activating group) is 1. The van der Waals surface area contributed by atoms with Gasteiger partial charge in [0.2, 0.25) is 0 Å². The van der Waals surface area contributed by atoms with E-state index in [2.05, 4.69) is 5.32 Å². The highest BCUT2D eigenvalue weighted by molar-refractivity contribution is 6.30. The summed E-state index contributed by atoms with van der Waals surface area (Å²) in [6.45, 7) is 3.32. The fourth-order valence-electron chi connectivity index (χ4n) is 2.80. The summed E-state index contributed by atoms with van der Waals surface area (Å²) in [6, 6.07) is 3.74. The lowest BCUT2D eigenvalue weighted by molar-refractivity contribution is -0.138. The van der Waals surface area contributed by atoms with Crippen molar-refractivity contribution in [1.29, 1.82) is 0 Å². The predicted molar refractivity (Wildman–Crippen MR) is 94.8 cm³/mol. The Morgan fingerprint density at radius 2 is 2.27 bits per heavy atom. The molecule has 0 saturated carbocycles. The number of nitrogens with zero attached hydrogens (tertiary/aromatic N) is 2. The van der Waals surface area contributed by atoms with Crippen LogP contribution in [0.15, 0.2) is 18.2 Å². The number of benzene rings is 1. The van der Waals surface area contributed by atoms with Crippen LogP contribution in [0.3, 0.4) is 0 Å². The van der Waals surface area contributed by atoms with Gasteiger partial charge in [-0.3, -0.25) is 9.69 Å². The van der Waals surface area contributed by atoms with Crippen LogP contribution in [0.5, 0.6) is 0 Å². The van der Waals surface area contributed by atoms with E-state index in [4.69, 9.17) is 21.4 Å². The number of ether oxygens (including phenoxy) is 1. The second-order valence-corrected chi connectivity index (χ2v) is 6.78. The summed E-state index contributed by atoms with van der Waals surface area (Å²) in [6.07, 6.45) is -0.255. The zero-order chi connectivity index (χ0) is 19.3. The number of carboxylic acids is 1. The van der Waals surface area contributed by atoms with Crippen LogP contribution >= 0.6 is 11.6 Å². The van der Waals surface area contributed by atoms with Crippen molar-refractivity contribution < 1.29 is 23.8 Å². The van der Waals surface area contributed by atoms with Gasteiger partial charge >= 0.3 is 12.0 Å². The molecule has 2 N–H and O–H groups in total. The number of halogens is 2. The smallest absolute Gasteiger partial charge is 0.318 e. The first kappa shape index (κ1) is 20.4. The number of rotatable bonds is 6. The van der Waals surface area contributed by atoms with Gasteiger partial charge in [0.15, 0.2) is 0 Å². The standard InChI is InChI=1S/C17H23ClFN3O4/c1-11(12-3-4-15(19)14(18)7-12)20-17(25)22-5-6-26-13(9-22)8-21(2)10-16(23)24/h3-4,7,11,13H,5-6,8-10H2,1-2H3,(H,20,25)(H,23,24). The average Bonchev–Trinajstić information content (AvgIpc) is 2.56. The van der Waals surface area contributed by atoms with Crippen molar-refractivity contribution >= 4 is 23.6 Å². The fourth-order valence-corrected chi connectivity index (χ4v) is 2.99. The molecule has 144 valence electrons. The monoisotopic (exact) mass is 387 g/mol. The van der Waals surface area contributed by atoms with Crippen LogP contribution in [0.4, 0.5) is 9.18 Å². The Hall–Kier alpha value is -1.90. The minimum absolute atomic E-state index is 0.0107. The topological polar surface area (TPSA) is 82.1 Å². The highest BCUT2D eigenvalue weighted by Gasteiger charge is 2.26. The van der Waals surface area contributed by atoms with Crippen molar-refractivity contribution in [3.8, 4) is 0 Å². The third-order valence-corrected chi connectivity index (χ3v) is 4.42. The minimum Gasteiger partial charge on any atom is -0.480 e. The number of amides is 2. The van der Waals surface area contributed by atoms with E-state index in [0.29, 0.717) is 31.8 Å². The van der Waals surface area contributed by atoms with E-state index in [1.165, 1.54) is 12.1 Å². The molecule has 0 aromatic heterocycles. The van der Waals surface area contributed by atoms with Gasteiger partial charge < -0.3 is 20.1 Å². The molecule has 2 amide bonds. The molecule has 1 fully saturated rings. The summed E-state index contributed by atoms with van der Waals surface area (Å²) >= 11 is 5.79. The van der Waals surface area contributed by atoms with Gasteiger partial charge in [-0.25, -0.2) is 9.18 Å². The SMILES string of the molecule is CC(NC(=O)N1CCOC(CN(C)CC(=O)O)C1)c1ccc(F)c(Cl)c1. The molecule has 1 heterocycles. The third kappa shape index (κ3) is 5.82. The second kappa shape index (κ2) is 9.16. The number of carboxylic acid groups (broad SMARTS) is 1. The van der Waals surface area contributed by atoms with Crippen LogP contribution in [-0.2, 0) is 9.53 Å². The number of urea groups is 1. The first-order chi connectivity index (χ1) is 12.3. The molecule has 9 heteroatoms. The molecule has 0 aliphatic carbocycles. The Morgan fingerprint density at radius 1 is 1.54 bits per heavy atom. The highest BCUT2D eigenvalue weighted by Crippen LogP contribution is 2.21. The van der Waals surface area contributed by atoms with Crippen molar-refractivity contribution in [1.82, 2.24) is 15.1 Å². The van der Waals surface area contributed by atoms with Crippen LogP contribution in [0, 0.1) is 5.82 Å². The largest absolute Gasteiger partial charge is 0.480 e. The summed E-state index contributed by atoms with van der Waals surface area (Å²) in [5.41, 5.74) is 0.704. The molecule has 2 atom stereocenters. The number of aliphatic carboxylic acids is 1. The molecule has 2 rings (SSSR count). The van der Waals surface area contributed by atoms with Gasteiger partial charge in [-0.05, 0) is 31.7 Å². The quantitative estimate of drug-likeness (QED) is 0.779. The number of hydrogen-bond acceptors (Lipinski definition) is 4. The number of carbonyl (C=O) groups is 2. The molecule has 7 nitrogen and oxygen atoms in total. The van der Waals surface area contributed by atoms with E-state index in [1.807, 2.05) is 0 Å². The zero-order valence-corrected chi connectivity index (χ0v) is 15.5. The lowest BCUT2D eigenvalue weighted by Crippen LogP contribution is -2.52. The normalized spacial score (nSPS) is 18.7. The van der Waals surface area contributed by atoms with Crippen molar-refractivity contribution in [2.24, 2.45) is 0 Å². The first-order valence-electron chi connectivity index (χ1n) is 8.28. The molecule has 2 unspecified atom stereocenters. The third-order valence-electron chi connectivity index (χ3n) is 4.13. The molecule has 1 aliphatic rings. The van der Waals surface area contributed by atoms with Gasteiger partial charge in [0.25, 0.3) is 0 Å². The van der Waals surface area contributed by atoms with Gasteiger partial charge in [-0.1, -0.05) is 17.7 Å². The van der Waals surface area contributed by atoms with E-state index in [0.717, 1.165) is 0 Å². The summed E-state index contributed by atoms with van der Waals surface area (Å²) < 4.78 is 18.9. The maximum Gasteiger partial charge on any atom is 0.318 e. The van der Waals surface area contributed by atoms with Crippen LogP contribution < -0.4 is 5.32 Å². The van der Waals surface area contributed by atoms with Gasteiger partial charge in [0.1, 0.15) is 5.82 Å². The predicted octanol–water partition coefficient (Wildman–Crippen LogP) is 1.97. The first-order valence-corrected chi connectivity index (χ1v) is 8.66. The summed E-state index contributed by atoms with van der Waals surface area (Å²) in [4.78, 5) is 26.5. The van der Waals surface area contributed by atoms with Crippen LogP contribution in [0.1, 0.15) is 18.5 Å². The lowest BCUT2D eigenvalue weighted by atomic mass is 10.1. The van der Waals surface area contributed by atoms with E-state index in [-0.39, 0.29) is 29.7 Å². The Balaban J connectivity index is 1.89. The minimum atomic E-state index is -0.912. The van der Waals surface area contributed by atoms with Gasteiger partial charge in [-0.15, -0.1) is 0 Å². The Labute approximate surface area is 156 Å². The average molecular weight is 388 g/mol. The number of hydrogen-bond donors (Lipinski definition) is 2. The van der Waals surface area contributed by atoms with Gasteiger partial charge in [-0.2, -0.15) is 0 Å². The zero-order valence-electron chi connectivity index (χ0n) is 14.7. The molecular weight excluding hydrogens is 365 g/mol. The summed E-state index contributed by atoms with van der Waals surface area (Å²) in [5, 5.41) is 11.7. The maximum atomic E-state index is 13.3. The number of morpholine rings is 1. The van der Waals surface area contributed by atoms with E-state index < -0.39 is 11.8 Å². The molecule has 0 spiro atoms. The molecule has 1 aliphatic heterocycles. The molecule has 1 aromatic carbocycles. The maximum absolute atomic E-state index is 13.3. The van der Waals surface area contributed by atoms with Crippen molar-refractivity contribution in [3.63, 3.8) is 0 Å². The van der Waals surface area contributed by atoms with Crippen LogP contribution in [0.25, 0.3) is 0 Å². The van der Waals surface area contributed by atoms with Crippen molar-refractivity contribution in [3.05, 3.63) is 34.6 Å². The molecular formula is C17H23ClFN3O4. The molecule has 26 heavy (non-hydrogen) atoms. The van der Waals surface area contributed by atoms with Gasteiger partial charge in [0, 0.05) is 19.6 Å². The second-order valence-electron chi connectivity index (χ2n) is 6.37. The van der Waals surface area contributed by atoms with Crippen molar-refractivity contribution in [2.45, 2.75) is 19.1 Å². The fraction of sp³-hybridized carbons (Fsp3) is 0.529.